The highest BCUT2D eigenvalue weighted by Gasteiger charge is 2.35. The zero-order chi connectivity index (χ0) is 23.5. The van der Waals surface area contributed by atoms with Crippen molar-refractivity contribution in [2.45, 2.75) is 23.6 Å². The van der Waals surface area contributed by atoms with Crippen molar-refractivity contribution in [2.75, 3.05) is 5.32 Å². The molecule has 0 radical (unpaired) electrons. The largest absolute Gasteiger partial charge is 0.351 e. The van der Waals surface area contributed by atoms with Crippen LogP contribution in [-0.2, 0) is 16.9 Å². The Morgan fingerprint density at radius 1 is 1.00 bits per heavy atom. The molecule has 1 aliphatic heterocycles. The second-order valence-corrected chi connectivity index (χ2v) is 10.6. The summed E-state index contributed by atoms with van der Waals surface area (Å²) in [6.45, 7) is 4.02. The second-order valence-electron chi connectivity index (χ2n) is 7.88. The van der Waals surface area contributed by atoms with Crippen LogP contribution in [0.4, 0.5) is 5.13 Å². The summed E-state index contributed by atoms with van der Waals surface area (Å²) in [5.41, 5.74) is 4.26. The molecule has 7 nitrogen and oxygen atoms in total. The van der Waals surface area contributed by atoms with Crippen molar-refractivity contribution in [3.63, 3.8) is 0 Å². The maximum Gasteiger partial charge on any atom is 0.257 e. The van der Waals surface area contributed by atoms with Crippen LogP contribution in [0.2, 0.25) is 0 Å². The fourth-order valence-electron chi connectivity index (χ4n) is 3.96. The highest BCUT2D eigenvalue weighted by Crippen LogP contribution is 2.35. The number of carbonyl (C=O) groups excluding carboxylic acids is 2. The number of thiazole rings is 1. The van der Waals surface area contributed by atoms with Crippen molar-refractivity contribution >= 4 is 38.0 Å². The van der Waals surface area contributed by atoms with E-state index in [-0.39, 0.29) is 32.3 Å². The number of ketones is 1. The molecule has 0 atom stereocenters. The summed E-state index contributed by atoms with van der Waals surface area (Å²) < 4.78 is 28.3. The van der Waals surface area contributed by atoms with E-state index in [4.69, 9.17) is 0 Å². The Morgan fingerprint density at radius 3 is 2.45 bits per heavy atom. The van der Waals surface area contributed by atoms with Gasteiger partial charge in [-0.15, -0.1) is 11.3 Å². The summed E-state index contributed by atoms with van der Waals surface area (Å²) >= 11 is 1.29. The van der Waals surface area contributed by atoms with Crippen LogP contribution in [0.25, 0.3) is 11.3 Å². The van der Waals surface area contributed by atoms with Gasteiger partial charge < -0.3 is 4.57 Å². The van der Waals surface area contributed by atoms with E-state index in [0.717, 1.165) is 22.6 Å². The van der Waals surface area contributed by atoms with Crippen LogP contribution in [-0.4, -0.2) is 29.7 Å². The minimum Gasteiger partial charge on any atom is -0.351 e. The lowest BCUT2D eigenvalue weighted by atomic mass is 10.0. The van der Waals surface area contributed by atoms with E-state index >= 15 is 0 Å². The molecule has 3 heterocycles. The van der Waals surface area contributed by atoms with Gasteiger partial charge in [-0.25, -0.2) is 13.4 Å². The van der Waals surface area contributed by atoms with Crippen LogP contribution < -0.4 is 5.32 Å². The van der Waals surface area contributed by atoms with Crippen molar-refractivity contribution in [1.82, 2.24) is 9.55 Å². The van der Waals surface area contributed by atoms with E-state index in [1.54, 1.807) is 12.1 Å². The molecule has 4 aromatic rings. The van der Waals surface area contributed by atoms with Crippen LogP contribution in [0, 0.1) is 13.8 Å². The molecule has 0 spiro atoms. The molecule has 1 amide bonds. The van der Waals surface area contributed by atoms with Gasteiger partial charge in [-0.1, -0.05) is 12.1 Å². The normalized spacial score (nSPS) is 14.0. The van der Waals surface area contributed by atoms with Crippen molar-refractivity contribution in [3.8, 4) is 11.3 Å². The number of sulfone groups is 1. The Balaban J connectivity index is 1.46. The molecule has 0 saturated heterocycles. The van der Waals surface area contributed by atoms with Crippen LogP contribution in [0.15, 0.2) is 63.7 Å². The Hall–Kier alpha value is -3.56. The van der Waals surface area contributed by atoms with Gasteiger partial charge in [0.15, 0.2) is 10.9 Å². The molecule has 0 unspecified atom stereocenters. The van der Waals surface area contributed by atoms with Gasteiger partial charge >= 0.3 is 0 Å². The van der Waals surface area contributed by atoms with Crippen molar-refractivity contribution < 1.29 is 18.0 Å². The highest BCUT2D eigenvalue weighted by atomic mass is 32.2. The fourth-order valence-corrected chi connectivity index (χ4v) is 6.35. The second kappa shape index (κ2) is 7.50. The number of anilines is 1. The molecule has 0 saturated carbocycles. The first kappa shape index (κ1) is 21.3. The third kappa shape index (κ3) is 3.32. The summed E-state index contributed by atoms with van der Waals surface area (Å²) in [7, 11) is -1.94. The molecular weight excluding hydrogens is 458 g/mol. The van der Waals surface area contributed by atoms with Gasteiger partial charge in [0.05, 0.1) is 15.5 Å². The Labute approximate surface area is 194 Å². The number of nitrogens with zero attached hydrogens (tertiary/aromatic N) is 2. The van der Waals surface area contributed by atoms with E-state index in [1.807, 2.05) is 32.3 Å². The number of benzene rings is 2. The summed E-state index contributed by atoms with van der Waals surface area (Å²) in [5, 5.41) is 5.00. The number of carbonyl (C=O) groups is 2. The van der Waals surface area contributed by atoms with Crippen LogP contribution in [0.1, 0.15) is 37.7 Å². The monoisotopic (exact) mass is 477 g/mol. The molecule has 0 aliphatic carbocycles. The number of aryl methyl sites for hydroxylation is 1. The van der Waals surface area contributed by atoms with Gasteiger partial charge in [0.25, 0.3) is 5.91 Å². The number of fused-ring (bicyclic) bond motifs is 2. The van der Waals surface area contributed by atoms with Gasteiger partial charge in [-0.3, -0.25) is 14.9 Å². The zero-order valence-electron chi connectivity index (χ0n) is 18.0. The number of nitrogens with one attached hydrogen (secondary N) is 1. The van der Waals surface area contributed by atoms with Gasteiger partial charge in [-0.05, 0) is 50.2 Å². The fraction of sp³-hybridized carbons (Fsp3) is 0.125. The van der Waals surface area contributed by atoms with E-state index < -0.39 is 15.7 Å². The van der Waals surface area contributed by atoms with Gasteiger partial charge in [0, 0.05) is 46.1 Å². The molecule has 166 valence electrons. The number of aromatic nitrogens is 2. The van der Waals surface area contributed by atoms with E-state index in [1.165, 1.54) is 41.7 Å². The average Bonchev–Trinajstić information content (AvgIpc) is 3.37. The standard InChI is InChI=1S/C24H19N3O4S2/c1-13-10-18(14(2)27(13)3)19-12-32-24(25-19)26-23(29)15-8-9-17-21(11-15)33(30,31)20-7-5-4-6-16(20)22(17)28/h4-12H,1-3H3,(H,25,26,29). The zero-order valence-corrected chi connectivity index (χ0v) is 19.7. The number of hydrogen-bond acceptors (Lipinski definition) is 6. The lowest BCUT2D eigenvalue weighted by Gasteiger charge is -2.19. The highest BCUT2D eigenvalue weighted by molar-refractivity contribution is 7.91. The third-order valence-corrected chi connectivity index (χ3v) is 8.58. The molecule has 33 heavy (non-hydrogen) atoms. The summed E-state index contributed by atoms with van der Waals surface area (Å²) in [6, 6.07) is 12.2. The lowest BCUT2D eigenvalue weighted by Crippen LogP contribution is -2.21. The van der Waals surface area contributed by atoms with E-state index in [0.29, 0.717) is 5.13 Å². The molecule has 1 N–H and O–H groups in total. The minimum atomic E-state index is -3.92. The molecule has 0 bridgehead atoms. The maximum atomic E-state index is 13.1. The maximum absolute atomic E-state index is 13.1. The number of amides is 1. The topological polar surface area (TPSA) is 98.1 Å². The molecule has 9 heteroatoms. The number of hydrogen-bond donors (Lipinski definition) is 1. The van der Waals surface area contributed by atoms with Crippen molar-refractivity contribution in [3.05, 3.63) is 82.0 Å². The SMILES string of the molecule is Cc1cc(-c2csc(NC(=O)c3ccc4c(c3)S(=O)(=O)c3ccccc3C4=O)n2)c(C)n1C. The summed E-state index contributed by atoms with van der Waals surface area (Å²) in [6.07, 6.45) is 0. The average molecular weight is 478 g/mol. The van der Waals surface area contributed by atoms with Crippen LogP contribution >= 0.6 is 11.3 Å². The quantitative estimate of drug-likeness (QED) is 0.415. The molecular formula is C24H19N3O4S2. The summed E-state index contributed by atoms with van der Waals surface area (Å²) in [4.78, 5) is 30.0. The van der Waals surface area contributed by atoms with Crippen LogP contribution in [0.5, 0.6) is 0 Å². The first-order valence-corrected chi connectivity index (χ1v) is 12.5. The Kier molecular flexibility index (Phi) is 4.84. The molecule has 1 aliphatic rings. The van der Waals surface area contributed by atoms with Gasteiger partial charge in [0.1, 0.15) is 0 Å². The number of rotatable bonds is 3. The molecule has 5 rings (SSSR count). The first-order valence-electron chi connectivity index (χ1n) is 10.1. The third-order valence-electron chi connectivity index (χ3n) is 5.97. The predicted molar refractivity (Wildman–Crippen MR) is 126 cm³/mol. The van der Waals surface area contributed by atoms with Crippen LogP contribution in [0.3, 0.4) is 0 Å². The smallest absolute Gasteiger partial charge is 0.257 e. The minimum absolute atomic E-state index is 0.0434. The Bertz CT molecular complexity index is 1580. The molecule has 2 aromatic heterocycles. The van der Waals surface area contributed by atoms with Crippen molar-refractivity contribution in [1.29, 1.82) is 0 Å². The van der Waals surface area contributed by atoms with Crippen molar-refractivity contribution in [2.24, 2.45) is 7.05 Å². The van der Waals surface area contributed by atoms with E-state index in [9.17, 15) is 18.0 Å². The van der Waals surface area contributed by atoms with Gasteiger partial charge in [-0.2, -0.15) is 0 Å². The first-order chi connectivity index (χ1) is 15.7. The molecule has 0 fully saturated rings. The van der Waals surface area contributed by atoms with Gasteiger partial charge in [0.2, 0.25) is 9.84 Å². The lowest BCUT2D eigenvalue weighted by molar-refractivity contribution is 0.101. The Morgan fingerprint density at radius 2 is 1.73 bits per heavy atom. The van der Waals surface area contributed by atoms with E-state index in [2.05, 4.69) is 14.9 Å². The predicted octanol–water partition coefficient (Wildman–Crippen LogP) is 4.39. The molecule has 2 aromatic carbocycles. The summed E-state index contributed by atoms with van der Waals surface area (Å²) in [5.74, 6) is -0.873.